The van der Waals surface area contributed by atoms with Crippen LogP contribution in [-0.2, 0) is 0 Å². The first kappa shape index (κ1) is 7.03. The van der Waals surface area contributed by atoms with Gasteiger partial charge in [-0.3, -0.25) is 0 Å². The number of nitrogens with zero attached hydrogens (tertiary/aromatic N) is 2. The summed E-state index contributed by atoms with van der Waals surface area (Å²) >= 11 is 0. The van der Waals surface area contributed by atoms with Crippen LogP contribution in [0.15, 0.2) is 28.8 Å². The van der Waals surface area contributed by atoms with Crippen LogP contribution in [0.5, 0.6) is 0 Å². The molecule has 1 heterocycles. The fourth-order valence-electron chi connectivity index (χ4n) is 1.07. The summed E-state index contributed by atoms with van der Waals surface area (Å²) in [6.07, 6.45) is 2.39. The second kappa shape index (κ2) is 2.77. The molecule has 59 valence electrons. The lowest BCUT2D eigenvalue weighted by molar-refractivity contribution is 0.428. The van der Waals surface area contributed by atoms with Gasteiger partial charge in [0.1, 0.15) is 0 Å². The molecule has 0 aliphatic heterocycles. The molecule has 3 nitrogen and oxygen atoms in total. The molecule has 1 aromatic carbocycles. The van der Waals surface area contributed by atoms with E-state index in [1.165, 1.54) is 0 Å². The molecule has 0 unspecified atom stereocenters. The van der Waals surface area contributed by atoms with E-state index in [1.54, 1.807) is 0 Å². The standard InChI is InChI=1S/C9H7N2O/c1-7-4-2-3-5-8(7)9-10-6-11-12-9/h2-5H,1H3. The first-order valence-corrected chi connectivity index (χ1v) is 3.63. The van der Waals surface area contributed by atoms with Crippen molar-refractivity contribution in [3.63, 3.8) is 0 Å². The summed E-state index contributed by atoms with van der Waals surface area (Å²) in [6, 6.07) is 7.85. The maximum atomic E-state index is 4.88. The highest BCUT2D eigenvalue weighted by Crippen LogP contribution is 2.19. The Hall–Kier alpha value is -1.64. The van der Waals surface area contributed by atoms with Gasteiger partial charge < -0.3 is 4.52 Å². The normalized spacial score (nSPS) is 10.1. The summed E-state index contributed by atoms with van der Waals surface area (Å²) in [5, 5.41) is 3.43. The molecular weight excluding hydrogens is 152 g/mol. The lowest BCUT2D eigenvalue weighted by atomic mass is 10.1. The van der Waals surface area contributed by atoms with Gasteiger partial charge in [-0.2, -0.15) is 4.98 Å². The minimum atomic E-state index is 0.521. The van der Waals surface area contributed by atoms with E-state index in [-0.39, 0.29) is 0 Å². The maximum absolute atomic E-state index is 4.88. The first-order chi connectivity index (χ1) is 5.88. The molecule has 0 saturated heterocycles. The fraction of sp³-hybridized carbons (Fsp3) is 0.111. The summed E-state index contributed by atoms with van der Waals surface area (Å²) in [5.74, 6) is 0.521. The Morgan fingerprint density at radius 3 is 2.83 bits per heavy atom. The Morgan fingerprint density at radius 1 is 1.33 bits per heavy atom. The number of hydrogen-bond acceptors (Lipinski definition) is 3. The van der Waals surface area contributed by atoms with Crippen molar-refractivity contribution < 1.29 is 4.52 Å². The van der Waals surface area contributed by atoms with Crippen molar-refractivity contribution in [3.05, 3.63) is 36.2 Å². The third-order valence-electron chi connectivity index (χ3n) is 1.70. The predicted octanol–water partition coefficient (Wildman–Crippen LogP) is 1.85. The summed E-state index contributed by atoms with van der Waals surface area (Å²) in [5.41, 5.74) is 2.08. The van der Waals surface area contributed by atoms with Gasteiger partial charge in [-0.1, -0.05) is 23.4 Å². The highest BCUT2D eigenvalue weighted by atomic mass is 16.5. The van der Waals surface area contributed by atoms with E-state index >= 15 is 0 Å². The average Bonchev–Trinajstić information content (AvgIpc) is 2.57. The molecule has 0 aliphatic rings. The molecule has 0 bridgehead atoms. The zero-order chi connectivity index (χ0) is 8.39. The van der Waals surface area contributed by atoms with Gasteiger partial charge in [0.2, 0.25) is 6.33 Å². The van der Waals surface area contributed by atoms with Crippen LogP contribution in [0.4, 0.5) is 0 Å². The zero-order valence-corrected chi connectivity index (χ0v) is 6.61. The minimum Gasteiger partial charge on any atom is -0.333 e. The van der Waals surface area contributed by atoms with Gasteiger partial charge in [-0.15, -0.1) is 0 Å². The molecule has 0 amide bonds. The Kier molecular flexibility index (Phi) is 1.63. The van der Waals surface area contributed by atoms with Crippen molar-refractivity contribution >= 4 is 0 Å². The first-order valence-electron chi connectivity index (χ1n) is 3.63. The van der Waals surface area contributed by atoms with E-state index in [0.717, 1.165) is 11.1 Å². The maximum Gasteiger partial charge on any atom is 0.258 e. The van der Waals surface area contributed by atoms with E-state index in [9.17, 15) is 0 Å². The van der Waals surface area contributed by atoms with Crippen LogP contribution >= 0.6 is 0 Å². The molecule has 0 atom stereocenters. The molecule has 3 heteroatoms. The van der Waals surface area contributed by atoms with E-state index in [0.29, 0.717) is 5.89 Å². The van der Waals surface area contributed by atoms with Crippen molar-refractivity contribution in [1.82, 2.24) is 10.1 Å². The average molecular weight is 159 g/mol. The topological polar surface area (TPSA) is 38.9 Å². The number of rotatable bonds is 1. The number of benzene rings is 1. The summed E-state index contributed by atoms with van der Waals surface area (Å²) in [7, 11) is 0. The van der Waals surface area contributed by atoms with Crippen molar-refractivity contribution in [2.75, 3.05) is 0 Å². The Bertz CT molecular complexity index is 368. The predicted molar refractivity (Wildman–Crippen MR) is 43.3 cm³/mol. The van der Waals surface area contributed by atoms with Crippen molar-refractivity contribution in [3.8, 4) is 11.5 Å². The van der Waals surface area contributed by atoms with Crippen LogP contribution in [0.1, 0.15) is 5.56 Å². The van der Waals surface area contributed by atoms with Gasteiger partial charge in [0.25, 0.3) is 5.89 Å². The van der Waals surface area contributed by atoms with E-state index in [1.807, 2.05) is 31.2 Å². The lowest BCUT2D eigenvalue weighted by Crippen LogP contribution is -1.80. The molecule has 0 fully saturated rings. The van der Waals surface area contributed by atoms with Gasteiger partial charge in [-0.05, 0) is 18.6 Å². The SMILES string of the molecule is Cc1ccccc1-c1n[c]no1. The van der Waals surface area contributed by atoms with Gasteiger partial charge >= 0.3 is 0 Å². The van der Waals surface area contributed by atoms with Crippen molar-refractivity contribution in [2.45, 2.75) is 6.92 Å². The fourth-order valence-corrected chi connectivity index (χ4v) is 1.07. The third kappa shape index (κ3) is 1.09. The van der Waals surface area contributed by atoms with Crippen LogP contribution in [0.25, 0.3) is 11.5 Å². The Labute approximate surface area is 70.0 Å². The summed E-state index contributed by atoms with van der Waals surface area (Å²) < 4.78 is 4.88. The molecule has 2 aromatic rings. The molecule has 0 spiro atoms. The molecule has 1 aromatic heterocycles. The monoisotopic (exact) mass is 159 g/mol. The molecular formula is C9H7N2O. The van der Waals surface area contributed by atoms with Crippen LogP contribution in [-0.4, -0.2) is 10.1 Å². The summed E-state index contributed by atoms with van der Waals surface area (Å²) in [4.78, 5) is 3.84. The Balaban J connectivity index is 2.55. The lowest BCUT2D eigenvalue weighted by Gasteiger charge is -1.97. The molecule has 2 rings (SSSR count). The molecule has 12 heavy (non-hydrogen) atoms. The van der Waals surface area contributed by atoms with Crippen molar-refractivity contribution in [2.24, 2.45) is 0 Å². The zero-order valence-electron chi connectivity index (χ0n) is 6.61. The van der Waals surface area contributed by atoms with Crippen molar-refractivity contribution in [1.29, 1.82) is 0 Å². The second-order valence-electron chi connectivity index (χ2n) is 2.51. The number of aryl methyl sites for hydroxylation is 1. The molecule has 0 aliphatic carbocycles. The van der Waals surface area contributed by atoms with E-state index in [4.69, 9.17) is 4.52 Å². The van der Waals surface area contributed by atoms with Gasteiger partial charge in [0.15, 0.2) is 0 Å². The smallest absolute Gasteiger partial charge is 0.258 e. The second-order valence-corrected chi connectivity index (χ2v) is 2.51. The van der Waals surface area contributed by atoms with E-state index in [2.05, 4.69) is 16.5 Å². The largest absolute Gasteiger partial charge is 0.333 e. The number of hydrogen-bond donors (Lipinski definition) is 0. The molecule has 1 radical (unpaired) electrons. The van der Waals surface area contributed by atoms with Gasteiger partial charge in [-0.25, -0.2) is 0 Å². The Morgan fingerprint density at radius 2 is 2.17 bits per heavy atom. The molecule has 0 saturated carbocycles. The minimum absolute atomic E-state index is 0.521. The third-order valence-corrected chi connectivity index (χ3v) is 1.70. The van der Waals surface area contributed by atoms with Crippen LogP contribution in [0.2, 0.25) is 0 Å². The molecule has 0 N–H and O–H groups in total. The van der Waals surface area contributed by atoms with Crippen LogP contribution < -0.4 is 0 Å². The van der Waals surface area contributed by atoms with Crippen LogP contribution in [0, 0.1) is 13.3 Å². The van der Waals surface area contributed by atoms with Gasteiger partial charge in [0.05, 0.1) is 0 Å². The highest BCUT2D eigenvalue weighted by Gasteiger charge is 2.05. The number of aromatic nitrogens is 2. The van der Waals surface area contributed by atoms with Gasteiger partial charge in [0, 0.05) is 5.56 Å². The van der Waals surface area contributed by atoms with E-state index < -0.39 is 0 Å². The quantitative estimate of drug-likeness (QED) is 0.637. The summed E-state index contributed by atoms with van der Waals surface area (Å²) in [6.45, 7) is 2.00. The highest BCUT2D eigenvalue weighted by molar-refractivity contribution is 5.57. The van der Waals surface area contributed by atoms with Crippen LogP contribution in [0.3, 0.4) is 0 Å².